The van der Waals surface area contributed by atoms with E-state index in [1.807, 2.05) is 48.4 Å². The second-order valence-electron chi connectivity index (χ2n) is 3.52. The topological polar surface area (TPSA) is 3.24 Å². The third-order valence-electron chi connectivity index (χ3n) is 2.53. The molecule has 4 heteroatoms. The zero-order valence-electron chi connectivity index (χ0n) is 8.12. The molecule has 0 aromatic heterocycles. The molecule has 80 valence electrons. The van der Waals surface area contributed by atoms with E-state index in [1.54, 1.807) is 0 Å². The smallest absolute Gasteiger partial charge is 0.214 e. The van der Waals surface area contributed by atoms with E-state index >= 15 is 0 Å². The number of nitrogens with zero attached hydrogens (tertiary/aromatic N) is 1. The number of fused-ring (bicyclic) bond motifs is 1. The summed E-state index contributed by atoms with van der Waals surface area (Å²) in [6.45, 7) is 0. The number of rotatable bonds is 0. The van der Waals surface area contributed by atoms with Crippen molar-refractivity contribution >= 4 is 46.6 Å². The van der Waals surface area contributed by atoms with E-state index in [0.717, 1.165) is 11.3 Å². The molecule has 1 aliphatic heterocycles. The van der Waals surface area contributed by atoms with Gasteiger partial charge < -0.3 is 4.90 Å². The molecule has 0 spiro atoms. The van der Waals surface area contributed by atoms with Gasteiger partial charge in [0.05, 0.1) is 6.04 Å². The van der Waals surface area contributed by atoms with E-state index in [1.165, 1.54) is 0 Å². The first-order valence-electron chi connectivity index (χ1n) is 4.57. The fourth-order valence-corrected chi connectivity index (χ4v) is 2.41. The van der Waals surface area contributed by atoms with Crippen LogP contribution in [0, 0.1) is 0 Å². The average molecular weight is 263 g/mol. The largest absolute Gasteiger partial charge is 0.363 e. The van der Waals surface area contributed by atoms with Crippen molar-refractivity contribution in [3.63, 3.8) is 0 Å². The maximum absolute atomic E-state index is 5.91. The number of hydrogen-bond donors (Lipinski definition) is 0. The molecule has 0 fully saturated rings. The molecule has 1 aromatic rings. The van der Waals surface area contributed by atoms with Crippen LogP contribution in [0.5, 0.6) is 0 Å². The van der Waals surface area contributed by atoms with Crippen molar-refractivity contribution in [2.45, 2.75) is 9.83 Å². The number of para-hydroxylation sites is 1. The Morgan fingerprint density at radius 3 is 2.53 bits per heavy atom. The number of halogens is 3. The molecule has 0 aliphatic carbocycles. The molecular weight excluding hydrogens is 252 g/mol. The highest BCUT2D eigenvalue weighted by molar-refractivity contribution is 6.68. The molecule has 1 aromatic carbocycles. The number of alkyl halides is 3. The van der Waals surface area contributed by atoms with Gasteiger partial charge in [-0.05, 0) is 11.6 Å². The van der Waals surface area contributed by atoms with Crippen molar-refractivity contribution in [1.82, 2.24) is 0 Å². The molecule has 1 aliphatic rings. The van der Waals surface area contributed by atoms with Crippen LogP contribution in [0.1, 0.15) is 5.56 Å². The second-order valence-corrected chi connectivity index (χ2v) is 5.88. The van der Waals surface area contributed by atoms with Crippen molar-refractivity contribution in [2.24, 2.45) is 0 Å². The van der Waals surface area contributed by atoms with Crippen LogP contribution in [-0.2, 0) is 0 Å². The summed E-state index contributed by atoms with van der Waals surface area (Å²) in [5, 5.41) is 0. The summed E-state index contributed by atoms with van der Waals surface area (Å²) < 4.78 is -1.31. The lowest BCUT2D eigenvalue weighted by atomic mass is 10.0. The highest BCUT2D eigenvalue weighted by atomic mass is 35.6. The minimum absolute atomic E-state index is 0.225. The normalized spacial score (nSPS) is 20.3. The molecule has 0 radical (unpaired) electrons. The monoisotopic (exact) mass is 261 g/mol. The van der Waals surface area contributed by atoms with E-state index in [-0.39, 0.29) is 6.04 Å². The van der Waals surface area contributed by atoms with Gasteiger partial charge >= 0.3 is 0 Å². The lowest BCUT2D eigenvalue weighted by Crippen LogP contribution is -2.41. The Morgan fingerprint density at radius 1 is 1.20 bits per heavy atom. The standard InChI is InChI=1S/C11H10Cl3N/c1-15-9-5-3-2-4-8(9)6-7-10(15)11(12,13)14/h2-7,10H,1H3/t10-/m0/s1. The number of hydrogen-bond acceptors (Lipinski definition) is 1. The van der Waals surface area contributed by atoms with Crippen LogP contribution in [-0.4, -0.2) is 16.9 Å². The third-order valence-corrected chi connectivity index (χ3v) is 3.20. The van der Waals surface area contributed by atoms with Crippen LogP contribution in [0.15, 0.2) is 30.3 Å². The molecule has 0 saturated heterocycles. The molecular formula is C11H10Cl3N. The van der Waals surface area contributed by atoms with Crippen LogP contribution >= 0.6 is 34.8 Å². The molecule has 0 saturated carbocycles. The van der Waals surface area contributed by atoms with Gasteiger partial charge in [-0.2, -0.15) is 0 Å². The fraction of sp³-hybridized carbons (Fsp3) is 0.273. The molecule has 0 bridgehead atoms. The molecule has 1 atom stereocenters. The summed E-state index contributed by atoms with van der Waals surface area (Å²) in [5.41, 5.74) is 2.22. The van der Waals surface area contributed by atoms with Crippen LogP contribution < -0.4 is 4.90 Å². The molecule has 0 amide bonds. The van der Waals surface area contributed by atoms with E-state index in [4.69, 9.17) is 34.8 Å². The summed E-state index contributed by atoms with van der Waals surface area (Å²) in [6, 6.07) is 7.80. The van der Waals surface area contributed by atoms with Crippen LogP contribution in [0.2, 0.25) is 0 Å². The SMILES string of the molecule is CN1c2ccccc2C=C[C@H]1C(Cl)(Cl)Cl. The Hall–Kier alpha value is -0.370. The second kappa shape index (κ2) is 3.89. The summed E-state index contributed by atoms with van der Waals surface area (Å²) in [5.74, 6) is 0. The third kappa shape index (κ3) is 2.10. The van der Waals surface area contributed by atoms with Crippen LogP contribution in [0.4, 0.5) is 5.69 Å². The Kier molecular flexibility index (Phi) is 2.89. The van der Waals surface area contributed by atoms with Gasteiger partial charge in [0.15, 0.2) is 0 Å². The first-order chi connectivity index (χ1) is 7.00. The van der Waals surface area contributed by atoms with Crippen molar-refractivity contribution in [3.8, 4) is 0 Å². The van der Waals surface area contributed by atoms with Gasteiger partial charge in [-0.15, -0.1) is 0 Å². The minimum Gasteiger partial charge on any atom is -0.363 e. The van der Waals surface area contributed by atoms with Gasteiger partial charge in [-0.3, -0.25) is 0 Å². The van der Waals surface area contributed by atoms with Gasteiger partial charge in [0.25, 0.3) is 0 Å². The maximum atomic E-state index is 5.91. The van der Waals surface area contributed by atoms with Gasteiger partial charge in [0, 0.05) is 12.7 Å². The van der Waals surface area contributed by atoms with Crippen molar-refractivity contribution in [1.29, 1.82) is 0 Å². The summed E-state index contributed by atoms with van der Waals surface area (Å²) in [4.78, 5) is 1.97. The summed E-state index contributed by atoms with van der Waals surface area (Å²) in [7, 11) is 1.93. The Bertz CT molecular complexity index is 395. The summed E-state index contributed by atoms with van der Waals surface area (Å²) >= 11 is 17.7. The first-order valence-corrected chi connectivity index (χ1v) is 5.70. The lowest BCUT2D eigenvalue weighted by molar-refractivity contribution is 0.761. The van der Waals surface area contributed by atoms with Gasteiger partial charge in [-0.25, -0.2) is 0 Å². The molecule has 1 heterocycles. The maximum Gasteiger partial charge on any atom is 0.214 e. The highest BCUT2D eigenvalue weighted by Gasteiger charge is 2.35. The molecule has 2 rings (SSSR count). The molecule has 0 N–H and O–H groups in total. The van der Waals surface area contributed by atoms with Gasteiger partial charge in [0.1, 0.15) is 0 Å². The predicted octanol–water partition coefficient (Wildman–Crippen LogP) is 3.89. The van der Waals surface area contributed by atoms with Crippen molar-refractivity contribution in [3.05, 3.63) is 35.9 Å². The van der Waals surface area contributed by atoms with E-state index in [0.29, 0.717) is 0 Å². The van der Waals surface area contributed by atoms with E-state index in [9.17, 15) is 0 Å². The zero-order valence-corrected chi connectivity index (χ0v) is 10.4. The molecule has 1 nitrogen and oxygen atoms in total. The number of anilines is 1. The van der Waals surface area contributed by atoms with Crippen molar-refractivity contribution < 1.29 is 0 Å². The Morgan fingerprint density at radius 2 is 1.87 bits per heavy atom. The number of likely N-dealkylation sites (N-methyl/N-ethyl adjacent to an activating group) is 1. The van der Waals surface area contributed by atoms with Gasteiger partial charge in [-0.1, -0.05) is 65.2 Å². The highest BCUT2D eigenvalue weighted by Crippen LogP contribution is 2.39. The Balaban J connectivity index is 2.42. The van der Waals surface area contributed by atoms with E-state index in [2.05, 4.69) is 0 Å². The number of benzene rings is 1. The predicted molar refractivity (Wildman–Crippen MR) is 68.0 cm³/mol. The average Bonchev–Trinajstić information content (AvgIpc) is 2.16. The lowest BCUT2D eigenvalue weighted by Gasteiger charge is -2.36. The Labute approximate surface area is 104 Å². The van der Waals surface area contributed by atoms with Crippen LogP contribution in [0.25, 0.3) is 6.08 Å². The molecule has 0 unspecified atom stereocenters. The first kappa shape index (κ1) is 11.1. The zero-order chi connectivity index (χ0) is 11.1. The van der Waals surface area contributed by atoms with Crippen LogP contribution in [0.3, 0.4) is 0 Å². The van der Waals surface area contributed by atoms with Crippen molar-refractivity contribution in [2.75, 3.05) is 11.9 Å². The summed E-state index contributed by atoms with van der Waals surface area (Å²) in [6.07, 6.45) is 3.90. The minimum atomic E-state index is -1.31. The quantitative estimate of drug-likeness (QED) is 0.641. The molecule has 15 heavy (non-hydrogen) atoms. The fourth-order valence-electron chi connectivity index (χ4n) is 1.75. The van der Waals surface area contributed by atoms with E-state index < -0.39 is 3.79 Å². The van der Waals surface area contributed by atoms with Gasteiger partial charge in [0.2, 0.25) is 3.79 Å².